The van der Waals surface area contributed by atoms with Crippen molar-refractivity contribution in [1.29, 1.82) is 0 Å². The van der Waals surface area contributed by atoms with Gasteiger partial charge in [0.05, 0.1) is 0 Å². The van der Waals surface area contributed by atoms with Crippen molar-refractivity contribution in [3.05, 3.63) is 35.9 Å². The van der Waals surface area contributed by atoms with Crippen molar-refractivity contribution in [2.45, 2.75) is 116 Å². The van der Waals surface area contributed by atoms with Crippen LogP contribution in [0.3, 0.4) is 0 Å². The zero-order chi connectivity index (χ0) is 19.4. The summed E-state index contributed by atoms with van der Waals surface area (Å²) >= 11 is 0. The van der Waals surface area contributed by atoms with Gasteiger partial charge in [-0.25, -0.2) is 0 Å². The van der Waals surface area contributed by atoms with Crippen molar-refractivity contribution >= 4 is 12.4 Å². The third-order valence-electron chi connectivity index (χ3n) is 5.69. The quantitative estimate of drug-likeness (QED) is 0.206. The lowest BCUT2D eigenvalue weighted by Crippen LogP contribution is -2.18. The highest BCUT2D eigenvalue weighted by molar-refractivity contribution is 5.85. The Morgan fingerprint density at radius 3 is 1.39 bits per heavy atom. The van der Waals surface area contributed by atoms with Gasteiger partial charge in [0.15, 0.2) is 0 Å². The second kappa shape index (κ2) is 21.2. The van der Waals surface area contributed by atoms with E-state index in [0.717, 1.165) is 6.54 Å². The summed E-state index contributed by atoms with van der Waals surface area (Å²) in [6, 6.07) is 10.8. The van der Waals surface area contributed by atoms with Crippen LogP contribution in [0.2, 0.25) is 0 Å². The maximum atomic E-state index is 2.46. The fourth-order valence-electron chi connectivity index (χ4n) is 3.90. The van der Waals surface area contributed by atoms with Crippen molar-refractivity contribution in [3.63, 3.8) is 0 Å². The molecule has 0 atom stereocenters. The number of nitrogens with zero attached hydrogens (tertiary/aromatic N) is 1. The first kappa shape index (κ1) is 27.5. The fraction of sp³-hybridized carbons (Fsp3) is 0.769. The summed E-state index contributed by atoms with van der Waals surface area (Å²) in [5, 5.41) is 0. The van der Waals surface area contributed by atoms with Crippen LogP contribution in [0.1, 0.15) is 115 Å². The topological polar surface area (TPSA) is 3.24 Å². The first-order chi connectivity index (χ1) is 13.3. The molecule has 0 aliphatic heterocycles. The number of halogens is 1. The molecule has 0 aliphatic rings. The molecular weight excluding hydrogens is 362 g/mol. The number of hydrogen-bond donors (Lipinski definition) is 0. The molecule has 0 N–H and O–H groups in total. The maximum absolute atomic E-state index is 2.46. The van der Waals surface area contributed by atoms with Crippen LogP contribution in [-0.2, 0) is 6.54 Å². The van der Waals surface area contributed by atoms with E-state index in [2.05, 4.69) is 49.2 Å². The highest BCUT2D eigenvalue weighted by atomic mass is 35.5. The minimum atomic E-state index is 0. The van der Waals surface area contributed by atoms with E-state index < -0.39 is 0 Å². The molecule has 0 saturated heterocycles. The SMILES string of the molecule is CCCCCCCCCCCCCCCCCCN(C)Cc1ccccc1.Cl. The summed E-state index contributed by atoms with van der Waals surface area (Å²) in [6.45, 7) is 4.61. The van der Waals surface area contributed by atoms with E-state index in [1.165, 1.54) is 115 Å². The smallest absolute Gasteiger partial charge is 0.0230 e. The van der Waals surface area contributed by atoms with Gasteiger partial charge in [0.1, 0.15) is 0 Å². The van der Waals surface area contributed by atoms with Crippen LogP contribution in [-0.4, -0.2) is 18.5 Å². The van der Waals surface area contributed by atoms with Crippen LogP contribution in [0.4, 0.5) is 0 Å². The maximum Gasteiger partial charge on any atom is 0.0230 e. The van der Waals surface area contributed by atoms with E-state index in [0.29, 0.717) is 0 Å². The van der Waals surface area contributed by atoms with Gasteiger partial charge >= 0.3 is 0 Å². The molecule has 164 valence electrons. The molecule has 1 aromatic rings. The third kappa shape index (κ3) is 17.6. The van der Waals surface area contributed by atoms with Gasteiger partial charge < -0.3 is 4.90 Å². The molecule has 1 rings (SSSR count). The molecule has 0 spiro atoms. The predicted octanol–water partition coefficient (Wildman–Crippen LogP) is 8.80. The second-order valence-electron chi connectivity index (χ2n) is 8.53. The van der Waals surface area contributed by atoms with E-state index >= 15 is 0 Å². The molecule has 1 aromatic carbocycles. The van der Waals surface area contributed by atoms with E-state index in [4.69, 9.17) is 0 Å². The van der Waals surface area contributed by atoms with Crippen molar-refractivity contribution in [1.82, 2.24) is 4.90 Å². The number of unbranched alkanes of at least 4 members (excludes halogenated alkanes) is 15. The Morgan fingerprint density at radius 2 is 0.964 bits per heavy atom. The van der Waals surface area contributed by atoms with E-state index in [1.54, 1.807) is 0 Å². The summed E-state index contributed by atoms with van der Waals surface area (Å²) in [4.78, 5) is 2.46. The van der Waals surface area contributed by atoms with Gasteiger partial charge in [-0.15, -0.1) is 12.4 Å². The van der Waals surface area contributed by atoms with Gasteiger partial charge in [-0.1, -0.05) is 134 Å². The second-order valence-corrected chi connectivity index (χ2v) is 8.53. The average molecular weight is 410 g/mol. The van der Waals surface area contributed by atoms with Crippen LogP contribution >= 0.6 is 12.4 Å². The fourth-order valence-corrected chi connectivity index (χ4v) is 3.90. The Kier molecular flexibility index (Phi) is 20.8. The summed E-state index contributed by atoms with van der Waals surface area (Å²) < 4.78 is 0. The molecule has 0 radical (unpaired) electrons. The number of rotatable bonds is 19. The lowest BCUT2D eigenvalue weighted by atomic mass is 10.0. The highest BCUT2D eigenvalue weighted by Crippen LogP contribution is 2.14. The van der Waals surface area contributed by atoms with Gasteiger partial charge in [-0.2, -0.15) is 0 Å². The molecule has 0 aliphatic carbocycles. The van der Waals surface area contributed by atoms with Gasteiger partial charge in [-0.3, -0.25) is 0 Å². The Hall–Kier alpha value is -0.530. The minimum absolute atomic E-state index is 0. The summed E-state index contributed by atoms with van der Waals surface area (Å²) in [5.41, 5.74) is 1.43. The molecule has 0 fully saturated rings. The Bertz CT molecular complexity index is 406. The third-order valence-corrected chi connectivity index (χ3v) is 5.69. The molecule has 0 aromatic heterocycles. The van der Waals surface area contributed by atoms with Gasteiger partial charge in [-0.05, 0) is 25.6 Å². The lowest BCUT2D eigenvalue weighted by molar-refractivity contribution is 0.316. The zero-order valence-electron chi connectivity index (χ0n) is 19.0. The van der Waals surface area contributed by atoms with E-state index in [-0.39, 0.29) is 12.4 Å². The highest BCUT2D eigenvalue weighted by Gasteiger charge is 2.00. The summed E-state index contributed by atoms with van der Waals surface area (Å²) in [6.07, 6.45) is 23.1. The summed E-state index contributed by atoms with van der Waals surface area (Å²) in [5.74, 6) is 0. The Labute approximate surface area is 183 Å². The molecule has 2 heteroatoms. The standard InChI is InChI=1S/C26H47N.ClH/c1-3-4-5-6-7-8-9-10-11-12-13-14-15-16-17-21-24-27(2)25-26-22-19-18-20-23-26;/h18-20,22-23H,3-17,21,24-25H2,1-2H3;1H. The first-order valence-corrected chi connectivity index (χ1v) is 12.1. The van der Waals surface area contributed by atoms with Crippen LogP contribution < -0.4 is 0 Å². The van der Waals surface area contributed by atoms with Gasteiger partial charge in [0.25, 0.3) is 0 Å². The van der Waals surface area contributed by atoms with Crippen molar-refractivity contribution < 1.29 is 0 Å². The molecule has 28 heavy (non-hydrogen) atoms. The zero-order valence-corrected chi connectivity index (χ0v) is 19.8. The Morgan fingerprint density at radius 1 is 0.571 bits per heavy atom. The monoisotopic (exact) mass is 409 g/mol. The number of benzene rings is 1. The van der Waals surface area contributed by atoms with E-state index in [9.17, 15) is 0 Å². The van der Waals surface area contributed by atoms with Gasteiger partial charge in [0, 0.05) is 6.54 Å². The predicted molar refractivity (Wildman–Crippen MR) is 130 cm³/mol. The molecule has 0 bridgehead atoms. The minimum Gasteiger partial charge on any atom is -0.302 e. The van der Waals surface area contributed by atoms with Crippen LogP contribution in [0, 0.1) is 0 Å². The van der Waals surface area contributed by atoms with Crippen molar-refractivity contribution in [2.75, 3.05) is 13.6 Å². The molecule has 0 heterocycles. The van der Waals surface area contributed by atoms with Crippen LogP contribution in [0.15, 0.2) is 30.3 Å². The van der Waals surface area contributed by atoms with E-state index in [1.807, 2.05) is 0 Å². The van der Waals surface area contributed by atoms with Crippen molar-refractivity contribution in [2.24, 2.45) is 0 Å². The molecule has 1 nitrogen and oxygen atoms in total. The lowest BCUT2D eigenvalue weighted by Gasteiger charge is -2.16. The molecule has 0 saturated carbocycles. The Balaban J connectivity index is 0.00000729. The van der Waals surface area contributed by atoms with Gasteiger partial charge in [0.2, 0.25) is 0 Å². The molecule has 0 unspecified atom stereocenters. The average Bonchev–Trinajstić information content (AvgIpc) is 2.68. The molecule has 0 amide bonds. The molecular formula is C26H48ClN. The van der Waals surface area contributed by atoms with Crippen LogP contribution in [0.5, 0.6) is 0 Å². The first-order valence-electron chi connectivity index (χ1n) is 12.1. The van der Waals surface area contributed by atoms with Crippen molar-refractivity contribution in [3.8, 4) is 0 Å². The van der Waals surface area contributed by atoms with Crippen LogP contribution in [0.25, 0.3) is 0 Å². The number of hydrogen-bond acceptors (Lipinski definition) is 1. The summed E-state index contributed by atoms with van der Waals surface area (Å²) in [7, 11) is 2.25. The largest absolute Gasteiger partial charge is 0.302 e. The normalized spacial score (nSPS) is 11.0.